The highest BCUT2D eigenvalue weighted by molar-refractivity contribution is 5.34. The zero-order chi connectivity index (χ0) is 8.81. The van der Waals surface area contributed by atoms with Crippen LogP contribution in [-0.2, 0) is 6.42 Å². The van der Waals surface area contributed by atoms with Crippen molar-refractivity contribution < 1.29 is 4.74 Å². The zero-order valence-corrected chi connectivity index (χ0v) is 7.25. The van der Waals surface area contributed by atoms with E-state index >= 15 is 0 Å². The van der Waals surface area contributed by atoms with Gasteiger partial charge in [-0.2, -0.15) is 0 Å². The van der Waals surface area contributed by atoms with Crippen LogP contribution in [0.5, 0.6) is 5.75 Å². The summed E-state index contributed by atoms with van der Waals surface area (Å²) >= 11 is 0. The van der Waals surface area contributed by atoms with Crippen LogP contribution in [0.4, 0.5) is 0 Å². The van der Waals surface area contributed by atoms with E-state index in [9.17, 15) is 0 Å². The van der Waals surface area contributed by atoms with E-state index in [0.29, 0.717) is 0 Å². The maximum atomic E-state index is 5.42. The van der Waals surface area contributed by atoms with E-state index in [4.69, 9.17) is 4.74 Å². The van der Waals surface area contributed by atoms with Crippen molar-refractivity contribution in [2.45, 2.75) is 12.8 Å². The second-order valence-corrected chi connectivity index (χ2v) is 2.56. The van der Waals surface area contributed by atoms with E-state index in [0.717, 1.165) is 18.8 Å². The third kappa shape index (κ3) is 1.88. The van der Waals surface area contributed by atoms with E-state index in [1.165, 1.54) is 12.0 Å². The number of benzene rings is 1. The summed E-state index contributed by atoms with van der Waals surface area (Å²) in [5.74, 6) is 1.08. The topological polar surface area (TPSA) is 9.23 Å². The van der Waals surface area contributed by atoms with Gasteiger partial charge < -0.3 is 4.74 Å². The molecule has 0 aliphatic carbocycles. The monoisotopic (exact) mass is 162 g/mol. The van der Waals surface area contributed by atoms with E-state index in [2.05, 4.69) is 25.3 Å². The van der Waals surface area contributed by atoms with Crippen molar-refractivity contribution in [2.24, 2.45) is 0 Å². The molecular formula is C11H14O. The van der Waals surface area contributed by atoms with E-state index < -0.39 is 0 Å². The van der Waals surface area contributed by atoms with Gasteiger partial charge in [0, 0.05) is 0 Å². The number of ether oxygens (including phenoxy) is 1. The van der Waals surface area contributed by atoms with Gasteiger partial charge in [0.2, 0.25) is 0 Å². The average molecular weight is 162 g/mol. The van der Waals surface area contributed by atoms with Crippen LogP contribution >= 0.6 is 0 Å². The maximum Gasteiger partial charge on any atom is 0.122 e. The Bertz CT molecular complexity index is 218. The Labute approximate surface area is 73.7 Å². The molecule has 0 N–H and O–H groups in total. The van der Waals surface area contributed by atoms with Gasteiger partial charge in [0.05, 0.1) is 6.61 Å². The first-order valence-electron chi connectivity index (χ1n) is 4.17. The summed E-state index contributed by atoms with van der Waals surface area (Å²) in [6, 6.07) is 8.25. The van der Waals surface area contributed by atoms with E-state index in [-0.39, 0.29) is 0 Å². The molecule has 1 aromatic rings. The molecule has 1 aliphatic rings. The molecule has 0 bridgehead atoms. The number of aryl methyl sites for hydroxylation is 1. The zero-order valence-electron chi connectivity index (χ0n) is 7.25. The third-order valence-corrected chi connectivity index (χ3v) is 1.82. The minimum atomic E-state index is 0.886. The fourth-order valence-electron chi connectivity index (χ4n) is 1.30. The summed E-state index contributed by atoms with van der Waals surface area (Å²) in [5, 5.41) is 0. The van der Waals surface area contributed by atoms with Crippen LogP contribution in [-0.4, -0.2) is 6.61 Å². The van der Waals surface area contributed by atoms with Crippen LogP contribution in [0.2, 0.25) is 0 Å². The lowest BCUT2D eigenvalue weighted by atomic mass is 10.1. The Morgan fingerprint density at radius 1 is 1.17 bits per heavy atom. The molecule has 0 atom stereocenters. The number of rotatable bonds is 0. The Balaban J connectivity index is 0.000000336. The fourth-order valence-corrected chi connectivity index (χ4v) is 1.30. The van der Waals surface area contributed by atoms with Crippen molar-refractivity contribution in [3.8, 4) is 5.75 Å². The van der Waals surface area contributed by atoms with Gasteiger partial charge in [-0.15, -0.1) is 13.2 Å². The lowest BCUT2D eigenvalue weighted by Crippen LogP contribution is -2.07. The molecular weight excluding hydrogens is 148 g/mol. The van der Waals surface area contributed by atoms with Crippen molar-refractivity contribution in [1.82, 2.24) is 0 Å². The lowest BCUT2D eigenvalue weighted by Gasteiger charge is -2.15. The maximum absolute atomic E-state index is 5.42. The third-order valence-electron chi connectivity index (χ3n) is 1.82. The minimum absolute atomic E-state index is 0.886. The molecule has 64 valence electrons. The normalized spacial score (nSPS) is 13.3. The molecule has 2 rings (SSSR count). The van der Waals surface area contributed by atoms with Crippen molar-refractivity contribution in [1.29, 1.82) is 0 Å². The predicted molar refractivity (Wildman–Crippen MR) is 51.5 cm³/mol. The fraction of sp³-hybridized carbons (Fsp3) is 0.273. The molecule has 0 amide bonds. The molecule has 0 unspecified atom stereocenters. The highest BCUT2D eigenvalue weighted by Crippen LogP contribution is 2.22. The number of hydrogen-bond donors (Lipinski definition) is 0. The second kappa shape index (κ2) is 4.60. The molecule has 1 heterocycles. The molecule has 1 nitrogen and oxygen atoms in total. The molecule has 1 aromatic carbocycles. The molecule has 0 fully saturated rings. The van der Waals surface area contributed by atoms with E-state index in [1.54, 1.807) is 0 Å². The minimum Gasteiger partial charge on any atom is -0.493 e. The summed E-state index contributed by atoms with van der Waals surface area (Å²) in [7, 11) is 0. The van der Waals surface area contributed by atoms with Gasteiger partial charge in [-0.1, -0.05) is 18.2 Å². The van der Waals surface area contributed by atoms with E-state index in [1.807, 2.05) is 12.1 Å². The molecule has 0 radical (unpaired) electrons. The smallest absolute Gasteiger partial charge is 0.122 e. The molecule has 0 saturated carbocycles. The molecule has 0 spiro atoms. The van der Waals surface area contributed by atoms with Gasteiger partial charge in [-0.25, -0.2) is 0 Å². The van der Waals surface area contributed by atoms with Crippen LogP contribution in [0.1, 0.15) is 12.0 Å². The molecule has 12 heavy (non-hydrogen) atoms. The molecule has 1 heteroatoms. The first kappa shape index (κ1) is 8.85. The summed E-state index contributed by atoms with van der Waals surface area (Å²) < 4.78 is 5.42. The van der Waals surface area contributed by atoms with Gasteiger partial charge in [0.25, 0.3) is 0 Å². The highest BCUT2D eigenvalue weighted by Gasteiger charge is 2.06. The van der Waals surface area contributed by atoms with Gasteiger partial charge in [0.15, 0.2) is 0 Å². The predicted octanol–water partition coefficient (Wildman–Crippen LogP) is 2.81. The lowest BCUT2D eigenvalue weighted by molar-refractivity contribution is 0.288. The standard InChI is InChI=1S/C9H10O.C2H4/c1-2-6-9-8(4-1)5-3-7-10-9;1-2/h1-2,4,6H,3,5,7H2;1-2H2. The van der Waals surface area contributed by atoms with Crippen molar-refractivity contribution in [2.75, 3.05) is 6.61 Å². The number of fused-ring (bicyclic) bond motifs is 1. The summed E-state index contributed by atoms with van der Waals surface area (Å²) in [5.41, 5.74) is 1.36. The Morgan fingerprint density at radius 3 is 2.67 bits per heavy atom. The van der Waals surface area contributed by atoms with Crippen LogP contribution in [0.3, 0.4) is 0 Å². The van der Waals surface area contributed by atoms with Crippen LogP contribution in [0, 0.1) is 0 Å². The Hall–Kier alpha value is -1.24. The van der Waals surface area contributed by atoms with Gasteiger partial charge >= 0.3 is 0 Å². The summed E-state index contributed by atoms with van der Waals surface area (Å²) in [6.07, 6.45) is 2.34. The SMILES string of the molecule is C=C.c1ccc2c(c1)CCCO2. The first-order valence-corrected chi connectivity index (χ1v) is 4.17. The Morgan fingerprint density at radius 2 is 1.92 bits per heavy atom. The summed E-state index contributed by atoms with van der Waals surface area (Å²) in [4.78, 5) is 0. The van der Waals surface area contributed by atoms with Crippen LogP contribution in [0.25, 0.3) is 0 Å². The molecule has 0 saturated heterocycles. The van der Waals surface area contributed by atoms with Gasteiger partial charge in [-0.05, 0) is 24.5 Å². The van der Waals surface area contributed by atoms with Crippen molar-refractivity contribution in [3.63, 3.8) is 0 Å². The average Bonchev–Trinajstić information content (AvgIpc) is 2.21. The number of hydrogen-bond acceptors (Lipinski definition) is 1. The van der Waals surface area contributed by atoms with Crippen LogP contribution in [0.15, 0.2) is 37.4 Å². The van der Waals surface area contributed by atoms with Crippen molar-refractivity contribution in [3.05, 3.63) is 43.0 Å². The number of para-hydroxylation sites is 1. The van der Waals surface area contributed by atoms with Crippen LogP contribution < -0.4 is 4.74 Å². The quantitative estimate of drug-likeness (QED) is 0.533. The first-order chi connectivity index (χ1) is 5.97. The highest BCUT2D eigenvalue weighted by atomic mass is 16.5. The molecule has 0 aromatic heterocycles. The van der Waals surface area contributed by atoms with Crippen molar-refractivity contribution >= 4 is 0 Å². The second-order valence-electron chi connectivity index (χ2n) is 2.56. The largest absolute Gasteiger partial charge is 0.493 e. The summed E-state index contributed by atoms with van der Waals surface area (Å²) in [6.45, 7) is 6.89. The molecule has 1 aliphatic heterocycles. The van der Waals surface area contributed by atoms with Gasteiger partial charge in [-0.3, -0.25) is 0 Å². The Kier molecular flexibility index (Phi) is 3.39. The van der Waals surface area contributed by atoms with Gasteiger partial charge in [0.1, 0.15) is 5.75 Å².